The summed E-state index contributed by atoms with van der Waals surface area (Å²) in [6, 6.07) is 9.44. The number of hydrogen-bond acceptors (Lipinski definition) is 7. The van der Waals surface area contributed by atoms with Crippen molar-refractivity contribution in [3.05, 3.63) is 58.1 Å². The van der Waals surface area contributed by atoms with Crippen molar-refractivity contribution in [3.8, 4) is 5.75 Å². The summed E-state index contributed by atoms with van der Waals surface area (Å²) in [4.78, 5) is 24.4. The molecule has 0 unspecified atom stereocenters. The predicted molar refractivity (Wildman–Crippen MR) is 104 cm³/mol. The molecule has 1 fully saturated rings. The molecule has 0 aliphatic carbocycles. The summed E-state index contributed by atoms with van der Waals surface area (Å²) in [5.74, 6) is -0.391. The molecule has 1 saturated heterocycles. The van der Waals surface area contributed by atoms with E-state index in [9.17, 15) is 23.3 Å². The SMILES string of the molecule is COc1ccc([N+](=O)[O-])cc1S(=O)(=O)Nc1ccccc1C(=O)N1CCOCC1. The molecule has 1 N–H and O–H groups in total. The second-order valence-corrected chi connectivity index (χ2v) is 7.80. The molecule has 0 atom stereocenters. The number of nitrogens with one attached hydrogen (secondary N) is 1. The number of nitro benzene ring substituents is 1. The lowest BCUT2D eigenvalue weighted by atomic mass is 10.1. The summed E-state index contributed by atoms with van der Waals surface area (Å²) >= 11 is 0. The number of carbonyl (C=O) groups is 1. The number of methoxy groups -OCH3 is 1. The molecule has 2 aromatic carbocycles. The Balaban J connectivity index is 1.97. The monoisotopic (exact) mass is 421 g/mol. The van der Waals surface area contributed by atoms with E-state index < -0.39 is 25.5 Å². The molecule has 0 spiro atoms. The summed E-state index contributed by atoms with van der Waals surface area (Å²) in [6.07, 6.45) is 0. The maximum atomic E-state index is 12.9. The molecule has 0 bridgehead atoms. The zero-order valence-corrected chi connectivity index (χ0v) is 16.3. The number of para-hydroxylation sites is 1. The van der Waals surface area contributed by atoms with E-state index in [1.54, 1.807) is 17.0 Å². The molecule has 2 aromatic rings. The zero-order valence-electron chi connectivity index (χ0n) is 15.5. The lowest BCUT2D eigenvalue weighted by molar-refractivity contribution is -0.385. The number of benzene rings is 2. The molecule has 1 aliphatic heterocycles. The van der Waals surface area contributed by atoms with E-state index in [2.05, 4.69) is 4.72 Å². The molecular formula is C18H19N3O7S. The van der Waals surface area contributed by atoms with Gasteiger partial charge in [0.2, 0.25) is 0 Å². The molecule has 10 nitrogen and oxygen atoms in total. The molecule has 1 aliphatic rings. The van der Waals surface area contributed by atoms with Gasteiger partial charge in [0.15, 0.2) is 0 Å². The molecule has 11 heteroatoms. The summed E-state index contributed by atoms with van der Waals surface area (Å²) in [7, 11) is -3.01. The van der Waals surface area contributed by atoms with Crippen molar-refractivity contribution >= 4 is 27.3 Å². The minimum absolute atomic E-state index is 0.0555. The van der Waals surface area contributed by atoms with Gasteiger partial charge in [0.05, 0.1) is 36.5 Å². The number of rotatable bonds is 6. The number of nitro groups is 1. The molecule has 0 saturated carbocycles. The normalized spacial score (nSPS) is 14.3. The van der Waals surface area contributed by atoms with E-state index in [1.807, 2.05) is 0 Å². The van der Waals surface area contributed by atoms with Gasteiger partial charge in [0.25, 0.3) is 21.6 Å². The van der Waals surface area contributed by atoms with Crippen molar-refractivity contribution in [2.45, 2.75) is 4.90 Å². The highest BCUT2D eigenvalue weighted by atomic mass is 32.2. The number of non-ortho nitro benzene ring substituents is 1. The predicted octanol–water partition coefficient (Wildman–Crippen LogP) is 1.88. The lowest BCUT2D eigenvalue weighted by Gasteiger charge is -2.27. The first-order chi connectivity index (χ1) is 13.8. The van der Waals surface area contributed by atoms with E-state index in [-0.39, 0.29) is 22.9 Å². The number of ether oxygens (including phenoxy) is 2. The second kappa shape index (κ2) is 8.45. The van der Waals surface area contributed by atoms with Crippen LogP contribution in [-0.4, -0.2) is 57.6 Å². The van der Waals surface area contributed by atoms with Crippen LogP contribution in [0.4, 0.5) is 11.4 Å². The number of amides is 1. The van der Waals surface area contributed by atoms with Gasteiger partial charge >= 0.3 is 0 Å². The fourth-order valence-electron chi connectivity index (χ4n) is 2.88. The highest BCUT2D eigenvalue weighted by Gasteiger charge is 2.26. The van der Waals surface area contributed by atoms with Crippen LogP contribution in [0.2, 0.25) is 0 Å². The smallest absolute Gasteiger partial charge is 0.271 e. The van der Waals surface area contributed by atoms with Crippen LogP contribution >= 0.6 is 0 Å². The first-order valence-corrected chi connectivity index (χ1v) is 10.1. The number of morpholine rings is 1. The summed E-state index contributed by atoms with van der Waals surface area (Å²) in [5, 5.41) is 11.0. The van der Waals surface area contributed by atoms with Crippen LogP contribution in [0.1, 0.15) is 10.4 Å². The average Bonchev–Trinajstić information content (AvgIpc) is 2.73. The van der Waals surface area contributed by atoms with E-state index >= 15 is 0 Å². The average molecular weight is 421 g/mol. The van der Waals surface area contributed by atoms with Gasteiger partial charge in [0, 0.05) is 25.2 Å². The molecule has 3 rings (SSSR count). The minimum Gasteiger partial charge on any atom is -0.495 e. The van der Waals surface area contributed by atoms with Crippen LogP contribution in [-0.2, 0) is 14.8 Å². The number of sulfonamides is 1. The summed E-state index contributed by atoms with van der Waals surface area (Å²) in [6.45, 7) is 1.62. The number of nitrogens with zero attached hydrogens (tertiary/aromatic N) is 2. The van der Waals surface area contributed by atoms with Crippen molar-refractivity contribution < 1.29 is 27.6 Å². The molecule has 29 heavy (non-hydrogen) atoms. The summed E-state index contributed by atoms with van der Waals surface area (Å²) in [5.41, 5.74) is -0.163. The Morgan fingerprint density at radius 2 is 1.90 bits per heavy atom. The van der Waals surface area contributed by atoms with Gasteiger partial charge in [-0.15, -0.1) is 0 Å². The Labute approximate surface area is 167 Å². The first kappa shape index (κ1) is 20.6. The number of hydrogen-bond donors (Lipinski definition) is 1. The van der Waals surface area contributed by atoms with Crippen LogP contribution in [0.5, 0.6) is 5.75 Å². The number of carbonyl (C=O) groups excluding carboxylic acids is 1. The Kier molecular flexibility index (Phi) is 5.99. The molecule has 0 radical (unpaired) electrons. The van der Waals surface area contributed by atoms with Crippen molar-refractivity contribution in [2.75, 3.05) is 38.1 Å². The Hall–Kier alpha value is -3.18. The van der Waals surface area contributed by atoms with Gasteiger partial charge in [0.1, 0.15) is 10.6 Å². The van der Waals surface area contributed by atoms with E-state index in [0.29, 0.717) is 26.3 Å². The van der Waals surface area contributed by atoms with E-state index in [1.165, 1.54) is 25.3 Å². The van der Waals surface area contributed by atoms with Crippen molar-refractivity contribution in [2.24, 2.45) is 0 Å². The maximum absolute atomic E-state index is 12.9. The number of anilines is 1. The van der Waals surface area contributed by atoms with Crippen LogP contribution in [0.25, 0.3) is 0 Å². The highest BCUT2D eigenvalue weighted by Crippen LogP contribution is 2.30. The largest absolute Gasteiger partial charge is 0.495 e. The maximum Gasteiger partial charge on any atom is 0.271 e. The van der Waals surface area contributed by atoms with E-state index in [0.717, 1.165) is 12.1 Å². The summed E-state index contributed by atoms with van der Waals surface area (Å²) < 4.78 is 38.5. The van der Waals surface area contributed by atoms with Gasteiger partial charge in [-0.3, -0.25) is 19.6 Å². The fourth-order valence-corrected chi connectivity index (χ4v) is 4.15. The standard InChI is InChI=1S/C18H19N3O7S/c1-27-16-7-6-13(21(23)24)12-17(16)29(25,26)19-15-5-3-2-4-14(15)18(22)20-8-10-28-11-9-20/h2-7,12,19H,8-11H2,1H3. The molecule has 0 aromatic heterocycles. The van der Waals surface area contributed by atoms with Crippen molar-refractivity contribution in [1.82, 2.24) is 4.90 Å². The van der Waals surface area contributed by atoms with Gasteiger partial charge < -0.3 is 14.4 Å². The van der Waals surface area contributed by atoms with E-state index in [4.69, 9.17) is 9.47 Å². The van der Waals surface area contributed by atoms with Crippen LogP contribution in [0.3, 0.4) is 0 Å². The Morgan fingerprint density at radius 1 is 1.21 bits per heavy atom. The second-order valence-electron chi connectivity index (χ2n) is 6.15. The van der Waals surface area contributed by atoms with Gasteiger partial charge in [-0.05, 0) is 18.2 Å². The third-order valence-electron chi connectivity index (χ3n) is 4.35. The quantitative estimate of drug-likeness (QED) is 0.557. The topological polar surface area (TPSA) is 128 Å². The van der Waals surface area contributed by atoms with Gasteiger partial charge in [-0.1, -0.05) is 12.1 Å². The first-order valence-electron chi connectivity index (χ1n) is 8.65. The molecular weight excluding hydrogens is 402 g/mol. The zero-order chi connectivity index (χ0) is 21.0. The highest BCUT2D eigenvalue weighted by molar-refractivity contribution is 7.92. The van der Waals surface area contributed by atoms with Crippen LogP contribution in [0, 0.1) is 10.1 Å². The third kappa shape index (κ3) is 4.46. The van der Waals surface area contributed by atoms with Crippen molar-refractivity contribution in [3.63, 3.8) is 0 Å². The third-order valence-corrected chi connectivity index (χ3v) is 5.73. The fraction of sp³-hybridized carbons (Fsp3) is 0.278. The van der Waals surface area contributed by atoms with Crippen LogP contribution < -0.4 is 9.46 Å². The van der Waals surface area contributed by atoms with Gasteiger partial charge in [-0.2, -0.15) is 0 Å². The lowest BCUT2D eigenvalue weighted by Crippen LogP contribution is -2.41. The molecule has 1 heterocycles. The molecule has 154 valence electrons. The Bertz CT molecular complexity index is 1030. The van der Waals surface area contributed by atoms with Crippen molar-refractivity contribution in [1.29, 1.82) is 0 Å². The minimum atomic E-state index is -4.27. The Morgan fingerprint density at radius 3 is 2.55 bits per heavy atom. The van der Waals surface area contributed by atoms with Gasteiger partial charge in [-0.25, -0.2) is 8.42 Å². The molecule has 1 amide bonds. The van der Waals surface area contributed by atoms with Crippen LogP contribution in [0.15, 0.2) is 47.4 Å².